The number of rotatable bonds is 5. The van der Waals surface area contributed by atoms with Crippen molar-refractivity contribution in [3.8, 4) is 0 Å². The lowest BCUT2D eigenvalue weighted by molar-refractivity contribution is -0.145. The van der Waals surface area contributed by atoms with Gasteiger partial charge >= 0.3 is 5.97 Å². The molecule has 1 fully saturated rings. The number of halogens is 4. The molecule has 2 heterocycles. The highest BCUT2D eigenvalue weighted by Gasteiger charge is 2.55. The molecule has 186 valence electrons. The molecule has 0 aromatic heterocycles. The van der Waals surface area contributed by atoms with E-state index in [4.69, 9.17) is 39.5 Å². The fourth-order valence-electron chi connectivity index (χ4n) is 4.73. The highest BCUT2D eigenvalue weighted by molar-refractivity contribution is 9.10. The van der Waals surface area contributed by atoms with Crippen LogP contribution >= 0.6 is 50.7 Å². The molecule has 1 unspecified atom stereocenters. The van der Waals surface area contributed by atoms with Gasteiger partial charge in [0.05, 0.1) is 0 Å². The van der Waals surface area contributed by atoms with Crippen LogP contribution in [0.1, 0.15) is 39.9 Å². The number of carbonyl (C=O) groups excluding carboxylic acids is 4. The maximum Gasteiger partial charge on any atom is 0.325 e. The molecule has 0 bridgehead atoms. The summed E-state index contributed by atoms with van der Waals surface area (Å²) in [5.74, 6) is -1.65. The Balaban J connectivity index is 1.42. The third kappa shape index (κ3) is 4.56. The van der Waals surface area contributed by atoms with E-state index in [0.29, 0.717) is 16.7 Å². The minimum absolute atomic E-state index is 0.181. The lowest BCUT2D eigenvalue weighted by Crippen LogP contribution is -2.52. The normalized spacial score (nSPS) is 23.2. The fourth-order valence-corrected chi connectivity index (χ4v) is 5.16. The van der Waals surface area contributed by atoms with Crippen molar-refractivity contribution in [2.24, 2.45) is 0 Å². The van der Waals surface area contributed by atoms with Crippen LogP contribution in [0.3, 0.4) is 0 Å². The lowest BCUT2D eigenvalue weighted by atomic mass is 9.87. The SMILES string of the molecule is O=C1CCC(N2Cc3cc(C4=C[C@]4(C(=O)OCC(Cl)(Cl)Cl)c4ccc(Br)cc4)ccc3C2=O)C(=O)N1. The Morgan fingerprint density at radius 1 is 1.14 bits per heavy atom. The molecule has 11 heteroatoms. The Bertz CT molecular complexity index is 1340. The monoisotopic (exact) mass is 610 g/mol. The molecule has 1 N–H and O–H groups in total. The molecule has 7 nitrogen and oxygen atoms in total. The Morgan fingerprint density at radius 3 is 2.53 bits per heavy atom. The smallest absolute Gasteiger partial charge is 0.325 e. The molecule has 1 aliphatic carbocycles. The predicted molar refractivity (Wildman–Crippen MR) is 138 cm³/mol. The largest absolute Gasteiger partial charge is 0.460 e. The second-order valence-electron chi connectivity index (χ2n) is 8.84. The average molecular weight is 613 g/mol. The molecule has 1 saturated heterocycles. The summed E-state index contributed by atoms with van der Waals surface area (Å²) in [6.45, 7) is -0.180. The Labute approximate surface area is 229 Å². The minimum Gasteiger partial charge on any atom is -0.460 e. The molecule has 2 aromatic rings. The molecule has 5 rings (SSSR count). The first-order valence-corrected chi connectivity index (χ1v) is 12.9. The van der Waals surface area contributed by atoms with Gasteiger partial charge in [-0.25, -0.2) is 0 Å². The summed E-state index contributed by atoms with van der Waals surface area (Å²) in [5, 5.41) is 2.30. The standard InChI is InChI=1S/C25H18BrCl3N2O5/c26-16-4-2-15(3-5-16)24(23(35)36-12-25(27,28)29)10-18(24)13-1-6-17-14(9-13)11-31(22(17)34)19-7-8-20(32)30-21(19)33/h1-6,9-10,19H,7-8,11-12H2,(H,30,32,33)/t19?,24-/m0/s1. The number of hydrogen-bond acceptors (Lipinski definition) is 5. The lowest BCUT2D eigenvalue weighted by Gasteiger charge is -2.29. The zero-order chi connectivity index (χ0) is 25.8. The van der Waals surface area contributed by atoms with Crippen LogP contribution in [0.4, 0.5) is 0 Å². The summed E-state index contributed by atoms with van der Waals surface area (Å²) in [7, 11) is 0. The van der Waals surface area contributed by atoms with Crippen molar-refractivity contribution in [1.29, 1.82) is 0 Å². The van der Waals surface area contributed by atoms with Crippen molar-refractivity contribution in [3.63, 3.8) is 0 Å². The molecule has 3 aliphatic rings. The van der Waals surface area contributed by atoms with E-state index in [1.54, 1.807) is 18.2 Å². The number of esters is 1. The van der Waals surface area contributed by atoms with Crippen molar-refractivity contribution >= 4 is 80.0 Å². The van der Waals surface area contributed by atoms with E-state index in [0.717, 1.165) is 15.6 Å². The van der Waals surface area contributed by atoms with E-state index in [1.165, 1.54) is 4.90 Å². The topological polar surface area (TPSA) is 92.8 Å². The first-order valence-electron chi connectivity index (χ1n) is 11.0. The minimum atomic E-state index is -1.75. The summed E-state index contributed by atoms with van der Waals surface area (Å²) in [4.78, 5) is 51.6. The molecule has 36 heavy (non-hydrogen) atoms. The molecule has 2 aromatic carbocycles. The van der Waals surface area contributed by atoms with E-state index in [2.05, 4.69) is 21.2 Å². The molecule has 0 saturated carbocycles. The van der Waals surface area contributed by atoms with Crippen LogP contribution in [0.15, 0.2) is 53.0 Å². The van der Waals surface area contributed by atoms with Crippen LogP contribution in [-0.4, -0.2) is 45.0 Å². The second-order valence-corrected chi connectivity index (χ2v) is 12.3. The highest BCUT2D eigenvalue weighted by Crippen LogP contribution is 2.54. The van der Waals surface area contributed by atoms with Crippen molar-refractivity contribution in [1.82, 2.24) is 10.2 Å². The zero-order valence-corrected chi connectivity index (χ0v) is 22.4. The molecular weight excluding hydrogens is 595 g/mol. The van der Waals surface area contributed by atoms with Gasteiger partial charge in [0.25, 0.3) is 5.91 Å². The average Bonchev–Trinajstić information content (AvgIpc) is 3.50. The predicted octanol–water partition coefficient (Wildman–Crippen LogP) is 4.46. The molecular formula is C25H18BrCl3N2O5. The van der Waals surface area contributed by atoms with Crippen LogP contribution in [0.5, 0.6) is 0 Å². The Kier molecular flexibility index (Phi) is 6.44. The maximum atomic E-state index is 13.3. The second kappa shape index (κ2) is 9.17. The first kappa shape index (κ1) is 25.3. The number of hydrogen-bond donors (Lipinski definition) is 1. The van der Waals surface area contributed by atoms with Crippen molar-refractivity contribution < 1.29 is 23.9 Å². The van der Waals surface area contributed by atoms with E-state index in [-0.39, 0.29) is 31.2 Å². The first-order chi connectivity index (χ1) is 17.0. The highest BCUT2D eigenvalue weighted by atomic mass is 79.9. The van der Waals surface area contributed by atoms with Crippen molar-refractivity contribution in [3.05, 3.63) is 75.3 Å². The number of nitrogens with one attached hydrogen (secondary N) is 1. The van der Waals surface area contributed by atoms with Gasteiger partial charge in [-0.15, -0.1) is 0 Å². The number of fused-ring (bicyclic) bond motifs is 1. The molecule has 3 amide bonds. The van der Waals surface area contributed by atoms with Crippen LogP contribution < -0.4 is 5.32 Å². The quantitative estimate of drug-likeness (QED) is 0.306. The van der Waals surface area contributed by atoms with Gasteiger partial charge in [-0.05, 0) is 52.9 Å². The van der Waals surface area contributed by atoms with Gasteiger partial charge in [0.15, 0.2) is 0 Å². The summed E-state index contributed by atoms with van der Waals surface area (Å²) < 4.78 is 4.46. The van der Waals surface area contributed by atoms with Gasteiger partial charge in [0, 0.05) is 23.0 Å². The van der Waals surface area contributed by atoms with E-state index in [1.807, 2.05) is 30.3 Å². The number of piperidine rings is 1. The summed E-state index contributed by atoms with van der Waals surface area (Å²) in [6, 6.07) is 11.9. The van der Waals surface area contributed by atoms with E-state index >= 15 is 0 Å². The molecule has 0 spiro atoms. The van der Waals surface area contributed by atoms with Crippen LogP contribution in [0.25, 0.3) is 5.57 Å². The van der Waals surface area contributed by atoms with Crippen LogP contribution in [0.2, 0.25) is 0 Å². The number of alkyl halides is 3. The number of benzene rings is 2. The molecule has 2 aliphatic heterocycles. The number of imide groups is 1. The van der Waals surface area contributed by atoms with Crippen molar-refractivity contribution in [2.75, 3.05) is 6.61 Å². The Morgan fingerprint density at radius 2 is 1.86 bits per heavy atom. The van der Waals surface area contributed by atoms with Crippen LogP contribution in [-0.2, 0) is 31.1 Å². The van der Waals surface area contributed by atoms with Gasteiger partial charge in [-0.3, -0.25) is 24.5 Å². The van der Waals surface area contributed by atoms with E-state index in [9.17, 15) is 19.2 Å². The van der Waals surface area contributed by atoms with Gasteiger partial charge in [0.1, 0.15) is 18.1 Å². The number of carbonyl (C=O) groups is 4. The number of ether oxygens (including phenoxy) is 1. The maximum absolute atomic E-state index is 13.3. The third-order valence-electron chi connectivity index (χ3n) is 6.53. The molecule has 0 radical (unpaired) electrons. The van der Waals surface area contributed by atoms with E-state index < -0.39 is 33.7 Å². The van der Waals surface area contributed by atoms with Crippen molar-refractivity contribution in [2.45, 2.75) is 34.6 Å². The summed E-state index contributed by atoms with van der Waals surface area (Å²) in [5.41, 5.74) is 2.19. The molecule has 2 atom stereocenters. The number of nitrogens with zero attached hydrogens (tertiary/aromatic N) is 1. The van der Waals surface area contributed by atoms with Crippen LogP contribution in [0, 0.1) is 0 Å². The zero-order valence-electron chi connectivity index (χ0n) is 18.5. The number of amides is 3. The van der Waals surface area contributed by atoms with Gasteiger partial charge in [-0.2, -0.15) is 0 Å². The summed E-state index contributed by atoms with van der Waals surface area (Å²) >= 11 is 20.8. The van der Waals surface area contributed by atoms with Gasteiger partial charge < -0.3 is 9.64 Å². The fraction of sp³-hybridized carbons (Fsp3) is 0.280. The van der Waals surface area contributed by atoms with Gasteiger partial charge in [0.2, 0.25) is 15.6 Å². The Hall–Kier alpha value is -2.39. The van der Waals surface area contributed by atoms with Gasteiger partial charge in [-0.1, -0.05) is 75.0 Å². The summed E-state index contributed by atoms with van der Waals surface area (Å²) in [6.07, 6.45) is 2.25. The third-order valence-corrected chi connectivity index (χ3v) is 7.38.